The molecule has 2 heterocycles. The van der Waals surface area contributed by atoms with E-state index >= 15 is 0 Å². The van der Waals surface area contributed by atoms with Gasteiger partial charge in [0.15, 0.2) is 18.1 Å². The Morgan fingerprint density at radius 2 is 1.90 bits per heavy atom. The van der Waals surface area contributed by atoms with Gasteiger partial charge >= 0.3 is 6.09 Å². The van der Waals surface area contributed by atoms with Gasteiger partial charge in [-0.1, -0.05) is 0 Å². The molecule has 1 aliphatic heterocycles. The van der Waals surface area contributed by atoms with Crippen molar-refractivity contribution in [2.24, 2.45) is 0 Å². The van der Waals surface area contributed by atoms with E-state index in [-0.39, 0.29) is 20.5 Å². The number of fused-ring (bicyclic) bond motifs is 1. The van der Waals surface area contributed by atoms with Crippen molar-refractivity contribution in [1.29, 1.82) is 0 Å². The third-order valence-electron chi connectivity index (χ3n) is 4.71. The van der Waals surface area contributed by atoms with Crippen LogP contribution in [0, 0.1) is 0 Å². The van der Waals surface area contributed by atoms with Gasteiger partial charge in [-0.2, -0.15) is 0 Å². The summed E-state index contributed by atoms with van der Waals surface area (Å²) in [5.41, 5.74) is 0.160. The number of benzene rings is 1. The Balaban J connectivity index is 0.00000363. The van der Waals surface area contributed by atoms with E-state index in [2.05, 4.69) is 15.2 Å². The molecule has 172 valence electrons. The van der Waals surface area contributed by atoms with E-state index in [0.717, 1.165) is 22.8 Å². The summed E-state index contributed by atoms with van der Waals surface area (Å²) in [5, 5.41) is 3.44. The Morgan fingerprint density at radius 3 is 2.55 bits per heavy atom. The molecule has 0 atom stereocenters. The summed E-state index contributed by atoms with van der Waals surface area (Å²) in [5.74, 6) is 0.958. The first-order chi connectivity index (χ1) is 14.6. The second-order valence-electron chi connectivity index (χ2n) is 8.41. The molecule has 0 saturated carbocycles. The van der Waals surface area contributed by atoms with Crippen LogP contribution in [-0.4, -0.2) is 79.3 Å². The van der Waals surface area contributed by atoms with Crippen molar-refractivity contribution in [2.45, 2.75) is 32.9 Å². The minimum absolute atomic E-state index is 0. The standard InChI is InChI=1S/C21H30N4O5S.H2/c1-21(2,3)30-20(27)22-12-18-23-14-10-16(15(28-5)11-17(14)31-18)29-13-19(26)25-8-6-24(4)7-9-25;/h10-11H,6-9,12-13H2,1-5H3,(H,22,27);1H. The van der Waals surface area contributed by atoms with Crippen molar-refractivity contribution in [3.05, 3.63) is 17.1 Å². The molecule has 1 N–H and O–H groups in total. The summed E-state index contributed by atoms with van der Waals surface area (Å²) in [4.78, 5) is 32.9. The van der Waals surface area contributed by atoms with Crippen LogP contribution in [0.2, 0.25) is 0 Å². The normalized spacial score (nSPS) is 15.1. The van der Waals surface area contributed by atoms with Crippen molar-refractivity contribution in [3.63, 3.8) is 0 Å². The number of thiazole rings is 1. The van der Waals surface area contributed by atoms with Gasteiger partial charge in [0.25, 0.3) is 5.91 Å². The molecule has 9 nitrogen and oxygen atoms in total. The molecule has 1 saturated heterocycles. The molecule has 1 fully saturated rings. The van der Waals surface area contributed by atoms with Gasteiger partial charge in [0.05, 0.1) is 23.9 Å². The molecule has 0 bridgehead atoms. The molecule has 10 heteroatoms. The lowest BCUT2D eigenvalue weighted by atomic mass is 10.2. The highest BCUT2D eigenvalue weighted by Crippen LogP contribution is 2.35. The molecule has 2 amide bonds. The van der Waals surface area contributed by atoms with Crippen LogP contribution in [0.1, 0.15) is 27.2 Å². The van der Waals surface area contributed by atoms with Crippen LogP contribution in [0.3, 0.4) is 0 Å². The molecule has 0 unspecified atom stereocenters. The Morgan fingerprint density at radius 1 is 1.19 bits per heavy atom. The van der Waals surface area contributed by atoms with Gasteiger partial charge in [0.2, 0.25) is 0 Å². The Labute approximate surface area is 187 Å². The topological polar surface area (TPSA) is 93.2 Å². The molecule has 3 rings (SSSR count). The number of methoxy groups -OCH3 is 1. The molecular weight excluding hydrogens is 420 g/mol. The Hall–Kier alpha value is -2.59. The van der Waals surface area contributed by atoms with E-state index in [1.54, 1.807) is 13.2 Å². The number of piperazine rings is 1. The van der Waals surface area contributed by atoms with Crippen LogP contribution in [0.15, 0.2) is 12.1 Å². The Kier molecular flexibility index (Phi) is 7.22. The van der Waals surface area contributed by atoms with E-state index in [1.807, 2.05) is 38.8 Å². The highest BCUT2D eigenvalue weighted by Gasteiger charge is 2.21. The predicted octanol–water partition coefficient (Wildman–Crippen LogP) is 2.73. The summed E-state index contributed by atoms with van der Waals surface area (Å²) < 4.78 is 17.4. The number of carbonyl (C=O) groups is 2. The van der Waals surface area contributed by atoms with Crippen LogP contribution >= 0.6 is 11.3 Å². The maximum Gasteiger partial charge on any atom is 0.408 e. The van der Waals surface area contributed by atoms with E-state index in [0.29, 0.717) is 30.1 Å². The number of hydrogen-bond donors (Lipinski definition) is 1. The maximum absolute atomic E-state index is 12.5. The first-order valence-corrected chi connectivity index (χ1v) is 11.0. The zero-order valence-corrected chi connectivity index (χ0v) is 19.5. The third-order valence-corrected chi connectivity index (χ3v) is 5.73. The van der Waals surface area contributed by atoms with Crippen molar-refractivity contribution in [1.82, 2.24) is 20.1 Å². The lowest BCUT2D eigenvalue weighted by molar-refractivity contribution is -0.134. The predicted molar refractivity (Wildman–Crippen MR) is 121 cm³/mol. The second-order valence-corrected chi connectivity index (χ2v) is 9.52. The van der Waals surface area contributed by atoms with Gasteiger partial charge in [-0.3, -0.25) is 4.79 Å². The SMILES string of the molecule is COc1cc2sc(CNC(=O)OC(C)(C)C)nc2cc1OCC(=O)N1CCN(C)CC1.[HH]. The fraction of sp³-hybridized carbons (Fsp3) is 0.571. The quantitative estimate of drug-likeness (QED) is 0.720. The zero-order chi connectivity index (χ0) is 22.6. The zero-order valence-electron chi connectivity index (χ0n) is 18.7. The van der Waals surface area contributed by atoms with Crippen molar-refractivity contribution in [3.8, 4) is 11.5 Å². The average molecular weight is 453 g/mol. The second kappa shape index (κ2) is 9.69. The summed E-state index contributed by atoms with van der Waals surface area (Å²) in [6.45, 7) is 8.77. The molecule has 31 heavy (non-hydrogen) atoms. The van der Waals surface area contributed by atoms with E-state index in [1.165, 1.54) is 11.3 Å². The average Bonchev–Trinajstić information content (AvgIpc) is 3.10. The van der Waals surface area contributed by atoms with E-state index in [4.69, 9.17) is 14.2 Å². The molecule has 0 aliphatic carbocycles. The van der Waals surface area contributed by atoms with Crippen molar-refractivity contribution < 1.29 is 25.2 Å². The lowest BCUT2D eigenvalue weighted by Gasteiger charge is -2.32. The molecular formula is C21H32N4O5S. The van der Waals surface area contributed by atoms with Gasteiger partial charge in [0.1, 0.15) is 10.6 Å². The Bertz CT molecular complexity index is 938. The van der Waals surface area contributed by atoms with Gasteiger partial charge in [-0.15, -0.1) is 11.3 Å². The summed E-state index contributed by atoms with van der Waals surface area (Å²) in [6.07, 6.45) is -0.490. The number of nitrogens with one attached hydrogen (secondary N) is 1. The molecule has 0 radical (unpaired) electrons. The summed E-state index contributed by atoms with van der Waals surface area (Å²) in [7, 11) is 3.60. The molecule has 1 aliphatic rings. The molecule has 2 aromatic rings. The highest BCUT2D eigenvalue weighted by atomic mass is 32.1. The van der Waals surface area contributed by atoms with Gasteiger partial charge in [0, 0.05) is 39.7 Å². The van der Waals surface area contributed by atoms with E-state index < -0.39 is 11.7 Å². The monoisotopic (exact) mass is 452 g/mol. The van der Waals surface area contributed by atoms with Crippen LogP contribution < -0.4 is 14.8 Å². The molecule has 0 spiro atoms. The van der Waals surface area contributed by atoms with Gasteiger partial charge < -0.3 is 29.3 Å². The van der Waals surface area contributed by atoms with Crippen LogP contribution in [-0.2, 0) is 16.1 Å². The number of carbonyl (C=O) groups excluding carboxylic acids is 2. The first-order valence-electron chi connectivity index (χ1n) is 10.2. The highest BCUT2D eigenvalue weighted by molar-refractivity contribution is 7.18. The minimum atomic E-state index is -0.557. The first kappa shape index (κ1) is 23.1. The van der Waals surface area contributed by atoms with Crippen molar-refractivity contribution >= 4 is 33.6 Å². The molecule has 1 aromatic heterocycles. The summed E-state index contributed by atoms with van der Waals surface area (Å²) >= 11 is 1.45. The number of ether oxygens (including phenoxy) is 3. The number of hydrogen-bond acceptors (Lipinski definition) is 8. The third kappa shape index (κ3) is 6.44. The lowest BCUT2D eigenvalue weighted by Crippen LogP contribution is -2.48. The number of likely N-dealkylation sites (N-methyl/N-ethyl adjacent to an activating group) is 1. The van der Waals surface area contributed by atoms with Crippen LogP contribution in [0.5, 0.6) is 11.5 Å². The number of rotatable bonds is 6. The maximum atomic E-state index is 12.5. The van der Waals surface area contributed by atoms with Crippen LogP contribution in [0.25, 0.3) is 10.2 Å². The van der Waals surface area contributed by atoms with Gasteiger partial charge in [-0.05, 0) is 27.8 Å². The van der Waals surface area contributed by atoms with Gasteiger partial charge in [-0.25, -0.2) is 9.78 Å². The number of amides is 2. The number of alkyl carbamates (subject to hydrolysis) is 1. The fourth-order valence-electron chi connectivity index (χ4n) is 3.08. The fourth-order valence-corrected chi connectivity index (χ4v) is 4.00. The number of nitrogens with zero attached hydrogens (tertiary/aromatic N) is 3. The minimum Gasteiger partial charge on any atom is -0.493 e. The van der Waals surface area contributed by atoms with E-state index in [9.17, 15) is 9.59 Å². The summed E-state index contributed by atoms with van der Waals surface area (Å²) in [6, 6.07) is 3.60. The van der Waals surface area contributed by atoms with Crippen LogP contribution in [0.4, 0.5) is 4.79 Å². The van der Waals surface area contributed by atoms with Crippen molar-refractivity contribution in [2.75, 3.05) is 46.9 Å². The number of aromatic nitrogens is 1. The smallest absolute Gasteiger partial charge is 0.408 e. The largest absolute Gasteiger partial charge is 0.493 e. The molecule has 1 aromatic carbocycles.